The van der Waals surface area contributed by atoms with E-state index in [9.17, 15) is 13.2 Å². The first-order valence-electron chi connectivity index (χ1n) is 9.09. The van der Waals surface area contributed by atoms with Gasteiger partial charge in [-0.2, -0.15) is 5.10 Å². The molecule has 1 N–H and O–H groups in total. The van der Waals surface area contributed by atoms with Gasteiger partial charge < -0.3 is 5.32 Å². The molecular weight excluding hydrogens is 369 g/mol. The topological polar surface area (TPSA) is 68.0 Å². The molecule has 0 aliphatic heterocycles. The van der Waals surface area contributed by atoms with Crippen molar-refractivity contribution in [1.29, 1.82) is 0 Å². The van der Waals surface area contributed by atoms with Gasteiger partial charge in [0.2, 0.25) is 5.95 Å². The average Bonchev–Trinajstić information content (AvgIpc) is 3.23. The van der Waals surface area contributed by atoms with Gasteiger partial charge in [-0.05, 0) is 19.1 Å². The zero-order valence-electron chi connectivity index (χ0n) is 15.0. The average molecular weight is 388 g/mol. The zero-order chi connectivity index (χ0) is 19.5. The number of imidazole rings is 1. The Bertz CT molecular complexity index is 1100. The van der Waals surface area contributed by atoms with Gasteiger partial charge >= 0.3 is 0 Å². The summed E-state index contributed by atoms with van der Waals surface area (Å²) in [7, 11) is 0. The van der Waals surface area contributed by atoms with Crippen molar-refractivity contribution in [3.63, 3.8) is 0 Å². The molecule has 3 aromatic heterocycles. The van der Waals surface area contributed by atoms with Crippen molar-refractivity contribution >= 4 is 17.2 Å². The Morgan fingerprint density at radius 2 is 2.07 bits per heavy atom. The summed E-state index contributed by atoms with van der Waals surface area (Å²) in [5.41, 5.74) is 4.16. The predicted molar refractivity (Wildman–Crippen MR) is 99.0 cm³/mol. The van der Waals surface area contributed by atoms with Crippen LogP contribution in [-0.4, -0.2) is 36.5 Å². The molecule has 1 unspecified atom stereocenters. The molecule has 3 heterocycles. The fourth-order valence-corrected chi connectivity index (χ4v) is 3.67. The summed E-state index contributed by atoms with van der Waals surface area (Å²) in [6, 6.07) is 3.33. The van der Waals surface area contributed by atoms with Crippen LogP contribution >= 0.6 is 0 Å². The fraction of sp³-hybridized carbons (Fsp3) is 0.368. The van der Waals surface area contributed by atoms with Crippen LogP contribution in [0, 0.1) is 0 Å². The van der Waals surface area contributed by atoms with Crippen LogP contribution in [-0.2, 0) is 6.42 Å². The number of allylic oxidation sites excluding steroid dienone is 1. The Hall–Kier alpha value is -2.97. The van der Waals surface area contributed by atoms with E-state index in [0.29, 0.717) is 29.4 Å². The van der Waals surface area contributed by atoms with E-state index < -0.39 is 12.1 Å². The fourth-order valence-electron chi connectivity index (χ4n) is 3.67. The van der Waals surface area contributed by atoms with Crippen molar-refractivity contribution in [3.8, 4) is 0 Å². The highest BCUT2D eigenvalue weighted by Gasteiger charge is 2.45. The number of nitrogens with one attached hydrogen (secondary N) is 1. The van der Waals surface area contributed by atoms with Gasteiger partial charge in [0.25, 0.3) is 5.92 Å². The van der Waals surface area contributed by atoms with Crippen molar-refractivity contribution in [2.45, 2.75) is 44.3 Å². The van der Waals surface area contributed by atoms with E-state index in [-0.39, 0.29) is 20.3 Å². The third kappa shape index (κ3) is 2.81. The lowest BCUT2D eigenvalue weighted by Crippen LogP contribution is -2.44. The van der Waals surface area contributed by atoms with Crippen molar-refractivity contribution in [2.75, 3.05) is 5.32 Å². The van der Waals surface area contributed by atoms with Gasteiger partial charge in [-0.15, -0.1) is 0 Å². The lowest BCUT2D eigenvalue weighted by Gasteiger charge is -2.35. The lowest BCUT2D eigenvalue weighted by atomic mass is 9.88. The van der Waals surface area contributed by atoms with Gasteiger partial charge in [0.15, 0.2) is 5.65 Å². The minimum Gasteiger partial charge on any atom is -0.351 e. The molecule has 0 radical (unpaired) electrons. The summed E-state index contributed by atoms with van der Waals surface area (Å²) in [6.07, 6.45) is 4.18. The maximum absolute atomic E-state index is 13.8. The molecule has 0 aromatic carbocycles. The second-order valence-corrected chi connectivity index (χ2v) is 7.27. The number of rotatable bonds is 4. The molecule has 1 atom stereocenters. The Morgan fingerprint density at radius 3 is 2.82 bits per heavy atom. The molecule has 9 heteroatoms. The van der Waals surface area contributed by atoms with Gasteiger partial charge in [0.1, 0.15) is 6.17 Å². The predicted octanol–water partition coefficient (Wildman–Crippen LogP) is 3.99. The Kier molecular flexibility index (Phi) is 3.68. The SMILES string of the molecule is CC(F)c1cnc2ccc(C3=CCc4nc(NC5CC(F)(F)C5)ncc43)nn12.[HH]. The number of halogens is 3. The molecule has 2 aliphatic rings. The number of aromatic nitrogens is 5. The first kappa shape index (κ1) is 17.2. The van der Waals surface area contributed by atoms with Crippen LogP contribution < -0.4 is 5.32 Å². The summed E-state index contributed by atoms with van der Waals surface area (Å²) in [5.74, 6) is -2.23. The minimum atomic E-state index is -2.59. The molecule has 0 amide bonds. The highest BCUT2D eigenvalue weighted by Crippen LogP contribution is 2.39. The molecule has 0 bridgehead atoms. The van der Waals surface area contributed by atoms with Crippen molar-refractivity contribution < 1.29 is 14.6 Å². The molecule has 3 aromatic rings. The van der Waals surface area contributed by atoms with Gasteiger partial charge in [-0.25, -0.2) is 32.6 Å². The van der Waals surface area contributed by atoms with E-state index in [1.165, 1.54) is 17.6 Å². The van der Waals surface area contributed by atoms with Crippen LogP contribution in [0.25, 0.3) is 11.2 Å². The van der Waals surface area contributed by atoms with E-state index in [0.717, 1.165) is 16.8 Å². The second kappa shape index (κ2) is 6.02. The number of alkyl halides is 3. The van der Waals surface area contributed by atoms with E-state index >= 15 is 0 Å². The monoisotopic (exact) mass is 388 g/mol. The Morgan fingerprint density at radius 1 is 1.25 bits per heavy atom. The standard InChI is InChI=1S/C19H17F3N6.H2/c1-10(20)16-9-23-17-5-4-15(27-28(16)17)12-2-3-14-13(12)8-24-18(26-14)25-11-6-19(21,22)7-11;/h2,4-5,8-11H,3,6-7H2,1H3,(H,24,25,26);1H. The third-order valence-corrected chi connectivity index (χ3v) is 5.15. The number of fused-ring (bicyclic) bond motifs is 2. The Balaban J connectivity index is 0.00000205. The third-order valence-electron chi connectivity index (χ3n) is 5.15. The Labute approximate surface area is 160 Å². The maximum atomic E-state index is 13.8. The molecule has 28 heavy (non-hydrogen) atoms. The number of anilines is 1. The van der Waals surface area contributed by atoms with Gasteiger partial charge in [-0.3, -0.25) is 0 Å². The van der Waals surface area contributed by atoms with Crippen LogP contribution in [0.1, 0.15) is 50.0 Å². The summed E-state index contributed by atoms with van der Waals surface area (Å²) in [6.45, 7) is 1.45. The lowest BCUT2D eigenvalue weighted by molar-refractivity contribution is -0.0794. The smallest absolute Gasteiger partial charge is 0.252 e. The number of hydrogen-bond donors (Lipinski definition) is 1. The minimum absolute atomic E-state index is 0. The summed E-state index contributed by atoms with van der Waals surface area (Å²) >= 11 is 0. The van der Waals surface area contributed by atoms with Crippen LogP contribution in [0.15, 0.2) is 30.6 Å². The highest BCUT2D eigenvalue weighted by atomic mass is 19.3. The molecular formula is C19H19F3N6. The second-order valence-electron chi connectivity index (χ2n) is 7.27. The molecule has 1 saturated carbocycles. The van der Waals surface area contributed by atoms with Crippen molar-refractivity contribution in [2.24, 2.45) is 0 Å². The highest BCUT2D eigenvalue weighted by molar-refractivity contribution is 5.82. The van der Waals surface area contributed by atoms with Crippen LogP contribution in [0.3, 0.4) is 0 Å². The summed E-state index contributed by atoms with van der Waals surface area (Å²) in [4.78, 5) is 12.9. The van der Waals surface area contributed by atoms with Gasteiger partial charge in [-0.1, -0.05) is 6.08 Å². The summed E-state index contributed by atoms with van der Waals surface area (Å²) < 4.78 is 41.3. The maximum Gasteiger partial charge on any atom is 0.252 e. The molecule has 0 saturated heterocycles. The van der Waals surface area contributed by atoms with E-state index in [4.69, 9.17) is 0 Å². The number of nitrogens with zero attached hydrogens (tertiary/aromatic N) is 5. The van der Waals surface area contributed by atoms with Gasteiger partial charge in [0.05, 0.1) is 23.3 Å². The largest absolute Gasteiger partial charge is 0.351 e. The zero-order valence-corrected chi connectivity index (χ0v) is 15.0. The first-order valence-corrected chi connectivity index (χ1v) is 9.09. The van der Waals surface area contributed by atoms with E-state index in [1.54, 1.807) is 12.3 Å². The summed E-state index contributed by atoms with van der Waals surface area (Å²) in [5, 5.41) is 7.50. The van der Waals surface area contributed by atoms with Crippen molar-refractivity contribution in [1.82, 2.24) is 24.6 Å². The molecule has 146 valence electrons. The normalized spacial score (nSPS) is 19.2. The number of hydrogen-bond acceptors (Lipinski definition) is 5. The van der Waals surface area contributed by atoms with E-state index in [1.807, 2.05) is 12.1 Å². The van der Waals surface area contributed by atoms with E-state index in [2.05, 4.69) is 25.4 Å². The van der Waals surface area contributed by atoms with Gasteiger partial charge in [0, 0.05) is 44.1 Å². The molecule has 6 nitrogen and oxygen atoms in total. The molecule has 1 fully saturated rings. The van der Waals surface area contributed by atoms with Crippen LogP contribution in [0.2, 0.25) is 0 Å². The first-order chi connectivity index (χ1) is 13.4. The quantitative estimate of drug-likeness (QED) is 0.732. The molecule has 2 aliphatic carbocycles. The molecule has 5 rings (SSSR count). The van der Waals surface area contributed by atoms with Crippen LogP contribution in [0.4, 0.5) is 19.1 Å². The van der Waals surface area contributed by atoms with Crippen molar-refractivity contribution in [3.05, 3.63) is 53.2 Å². The molecule has 0 spiro atoms. The van der Waals surface area contributed by atoms with Crippen LogP contribution in [0.5, 0.6) is 0 Å².